The van der Waals surface area contributed by atoms with E-state index >= 15 is 0 Å². The molecule has 1 amide bonds. The van der Waals surface area contributed by atoms with Gasteiger partial charge in [0.15, 0.2) is 0 Å². The molecule has 0 spiro atoms. The average Bonchev–Trinajstić information content (AvgIpc) is 2.69. The van der Waals surface area contributed by atoms with Crippen LogP contribution in [0.1, 0.15) is 10.4 Å². The van der Waals surface area contributed by atoms with Gasteiger partial charge in [-0.1, -0.05) is 42.1 Å². The van der Waals surface area contributed by atoms with Gasteiger partial charge in [-0.2, -0.15) is 8.78 Å². The van der Waals surface area contributed by atoms with Crippen LogP contribution < -0.4 is 10.0 Å². The van der Waals surface area contributed by atoms with Crippen LogP contribution in [0.4, 0.5) is 20.2 Å². The van der Waals surface area contributed by atoms with Crippen LogP contribution in [-0.2, 0) is 10.0 Å². The van der Waals surface area contributed by atoms with Crippen LogP contribution in [0.3, 0.4) is 0 Å². The topological polar surface area (TPSA) is 75.3 Å². The molecule has 0 aliphatic carbocycles. The third-order valence-corrected chi connectivity index (χ3v) is 5.99. The molecule has 9 heteroatoms. The standard InChI is InChI=1S/C20H16F2N2O3S2/c21-20(22)28-18-9-5-4-8-17(18)23-19(25)14-10-12-16(13-11-14)29(26,27)24-15-6-2-1-3-7-15/h1-13,20,24H,(H,23,25). The van der Waals surface area contributed by atoms with Gasteiger partial charge in [0.25, 0.3) is 21.7 Å². The second kappa shape index (κ2) is 9.06. The van der Waals surface area contributed by atoms with Crippen LogP contribution in [-0.4, -0.2) is 20.1 Å². The molecular formula is C20H16F2N2O3S2. The fraction of sp³-hybridized carbons (Fsp3) is 0.0500. The summed E-state index contributed by atoms with van der Waals surface area (Å²) >= 11 is 0.333. The van der Waals surface area contributed by atoms with E-state index in [1.807, 2.05) is 0 Å². The van der Waals surface area contributed by atoms with Crippen molar-refractivity contribution >= 4 is 39.1 Å². The highest BCUT2D eigenvalue weighted by Gasteiger charge is 2.16. The predicted octanol–water partition coefficient (Wildman–Crippen LogP) is 5.05. The Morgan fingerprint density at radius 1 is 0.862 bits per heavy atom. The van der Waals surface area contributed by atoms with Gasteiger partial charge in [0.05, 0.1) is 10.6 Å². The number of carbonyl (C=O) groups is 1. The van der Waals surface area contributed by atoms with E-state index in [9.17, 15) is 22.0 Å². The molecule has 0 unspecified atom stereocenters. The zero-order chi connectivity index (χ0) is 20.9. The number of carbonyl (C=O) groups excluding carboxylic acids is 1. The van der Waals surface area contributed by atoms with E-state index < -0.39 is 21.7 Å². The first-order valence-corrected chi connectivity index (χ1v) is 10.7. The number of thioether (sulfide) groups is 1. The number of para-hydroxylation sites is 2. The molecule has 0 aliphatic rings. The largest absolute Gasteiger partial charge is 0.321 e. The molecule has 0 saturated heterocycles. The van der Waals surface area contributed by atoms with E-state index in [4.69, 9.17) is 0 Å². The van der Waals surface area contributed by atoms with Gasteiger partial charge >= 0.3 is 0 Å². The van der Waals surface area contributed by atoms with Crippen LogP contribution in [0.5, 0.6) is 0 Å². The molecule has 0 aromatic heterocycles. The summed E-state index contributed by atoms with van der Waals surface area (Å²) in [6.45, 7) is 0. The molecule has 5 nitrogen and oxygen atoms in total. The molecule has 3 aromatic carbocycles. The lowest BCUT2D eigenvalue weighted by atomic mass is 10.2. The molecule has 0 saturated carbocycles. The van der Waals surface area contributed by atoms with Gasteiger partial charge in [-0.3, -0.25) is 9.52 Å². The van der Waals surface area contributed by atoms with Gasteiger partial charge in [0.1, 0.15) is 0 Å². The molecule has 2 N–H and O–H groups in total. The van der Waals surface area contributed by atoms with Crippen LogP contribution in [0.25, 0.3) is 0 Å². The van der Waals surface area contributed by atoms with Crippen molar-refractivity contribution in [3.8, 4) is 0 Å². The Morgan fingerprint density at radius 3 is 2.14 bits per heavy atom. The monoisotopic (exact) mass is 434 g/mol. The number of hydrogen-bond acceptors (Lipinski definition) is 4. The number of sulfonamides is 1. The van der Waals surface area contributed by atoms with E-state index in [2.05, 4.69) is 10.0 Å². The van der Waals surface area contributed by atoms with Crippen molar-refractivity contribution in [2.45, 2.75) is 15.5 Å². The number of nitrogens with one attached hydrogen (secondary N) is 2. The van der Waals surface area contributed by atoms with Crippen LogP contribution in [0.15, 0.2) is 88.7 Å². The number of amides is 1. The number of alkyl halides is 2. The number of benzene rings is 3. The fourth-order valence-corrected chi connectivity index (χ4v) is 4.12. The molecule has 3 aromatic rings. The molecule has 0 radical (unpaired) electrons. The van der Waals surface area contributed by atoms with Crippen molar-refractivity contribution in [3.05, 3.63) is 84.4 Å². The third kappa shape index (κ3) is 5.55. The summed E-state index contributed by atoms with van der Waals surface area (Å²) in [5.74, 6) is -3.15. The molecule has 0 aliphatic heterocycles. The Kier molecular flexibility index (Phi) is 6.50. The van der Waals surface area contributed by atoms with Gasteiger partial charge in [-0.05, 0) is 48.5 Å². The molecule has 0 fully saturated rings. The summed E-state index contributed by atoms with van der Waals surface area (Å²) in [7, 11) is -3.80. The number of rotatable bonds is 7. The zero-order valence-electron chi connectivity index (χ0n) is 14.9. The van der Waals surface area contributed by atoms with E-state index in [1.54, 1.807) is 42.5 Å². The molecule has 150 valence electrons. The number of anilines is 2. The predicted molar refractivity (Wildman–Crippen MR) is 110 cm³/mol. The Morgan fingerprint density at radius 2 is 1.48 bits per heavy atom. The summed E-state index contributed by atoms with van der Waals surface area (Å²) < 4.78 is 52.6. The lowest BCUT2D eigenvalue weighted by Gasteiger charge is -2.11. The van der Waals surface area contributed by atoms with Crippen LogP contribution in [0, 0.1) is 0 Å². The van der Waals surface area contributed by atoms with E-state index in [-0.39, 0.29) is 21.0 Å². The minimum absolute atomic E-state index is 0.00782. The van der Waals surface area contributed by atoms with Gasteiger partial charge in [0.2, 0.25) is 0 Å². The SMILES string of the molecule is O=C(Nc1ccccc1SC(F)F)c1ccc(S(=O)(=O)Nc2ccccc2)cc1. The normalized spacial score (nSPS) is 11.3. The van der Waals surface area contributed by atoms with Crippen molar-refractivity contribution in [1.29, 1.82) is 0 Å². The van der Waals surface area contributed by atoms with Gasteiger partial charge < -0.3 is 5.32 Å². The maximum atomic E-state index is 12.7. The Balaban J connectivity index is 1.74. The van der Waals surface area contributed by atoms with Crippen molar-refractivity contribution < 1.29 is 22.0 Å². The van der Waals surface area contributed by atoms with E-state index in [0.717, 1.165) is 0 Å². The lowest BCUT2D eigenvalue weighted by molar-refractivity contribution is 0.102. The smallest absolute Gasteiger partial charge is 0.288 e. The first-order chi connectivity index (χ1) is 13.8. The van der Waals surface area contributed by atoms with E-state index in [0.29, 0.717) is 17.4 Å². The quantitative estimate of drug-likeness (QED) is 0.510. The molecule has 0 bridgehead atoms. The summed E-state index contributed by atoms with van der Waals surface area (Å²) in [6.07, 6.45) is 0. The van der Waals surface area contributed by atoms with Gasteiger partial charge in [-0.25, -0.2) is 8.42 Å². The first kappa shape index (κ1) is 20.8. The van der Waals surface area contributed by atoms with Crippen LogP contribution in [0.2, 0.25) is 0 Å². The second-order valence-electron chi connectivity index (χ2n) is 5.82. The molecular weight excluding hydrogens is 418 g/mol. The summed E-state index contributed by atoms with van der Waals surface area (Å²) in [5, 5.41) is 2.57. The maximum absolute atomic E-state index is 12.7. The van der Waals surface area contributed by atoms with Crippen LogP contribution >= 0.6 is 11.8 Å². The highest BCUT2D eigenvalue weighted by molar-refractivity contribution is 7.99. The van der Waals surface area contributed by atoms with Crippen molar-refractivity contribution in [1.82, 2.24) is 0 Å². The maximum Gasteiger partial charge on any atom is 0.288 e. The minimum Gasteiger partial charge on any atom is -0.321 e. The zero-order valence-corrected chi connectivity index (χ0v) is 16.5. The van der Waals surface area contributed by atoms with Crippen molar-refractivity contribution in [2.75, 3.05) is 10.0 Å². The van der Waals surface area contributed by atoms with E-state index in [1.165, 1.54) is 36.4 Å². The highest BCUT2D eigenvalue weighted by Crippen LogP contribution is 2.31. The van der Waals surface area contributed by atoms with Gasteiger partial charge in [-0.15, -0.1) is 0 Å². The number of hydrogen-bond donors (Lipinski definition) is 2. The Bertz CT molecular complexity index is 1090. The van der Waals surface area contributed by atoms with Crippen molar-refractivity contribution in [2.24, 2.45) is 0 Å². The summed E-state index contributed by atoms with van der Waals surface area (Å²) in [4.78, 5) is 12.7. The fourth-order valence-electron chi connectivity index (χ4n) is 2.47. The summed E-state index contributed by atoms with van der Waals surface area (Å²) in [6, 6.07) is 20.0. The van der Waals surface area contributed by atoms with Gasteiger partial charge in [0, 0.05) is 16.1 Å². The highest BCUT2D eigenvalue weighted by atomic mass is 32.2. The first-order valence-electron chi connectivity index (χ1n) is 8.38. The molecule has 3 rings (SSSR count). The minimum atomic E-state index is -3.80. The summed E-state index contributed by atoms with van der Waals surface area (Å²) in [5.41, 5.74) is 0.869. The molecule has 0 atom stereocenters. The third-order valence-electron chi connectivity index (χ3n) is 3.80. The average molecular weight is 434 g/mol. The Hall–Kier alpha value is -2.91. The lowest BCUT2D eigenvalue weighted by Crippen LogP contribution is -2.15. The Labute approximate surface area is 171 Å². The molecule has 29 heavy (non-hydrogen) atoms. The molecule has 0 heterocycles. The number of halogens is 2. The second-order valence-corrected chi connectivity index (χ2v) is 8.54. The van der Waals surface area contributed by atoms with Crippen molar-refractivity contribution in [3.63, 3.8) is 0 Å².